The van der Waals surface area contributed by atoms with E-state index in [1.165, 1.54) is 23.9 Å². The van der Waals surface area contributed by atoms with E-state index in [2.05, 4.69) is 5.32 Å². The summed E-state index contributed by atoms with van der Waals surface area (Å²) in [6, 6.07) is 12.9. The van der Waals surface area contributed by atoms with Crippen molar-refractivity contribution < 1.29 is 14.0 Å². The Hall–Kier alpha value is -2.34. The van der Waals surface area contributed by atoms with E-state index in [0.29, 0.717) is 17.9 Å². The molecule has 1 heterocycles. The highest BCUT2D eigenvalue weighted by molar-refractivity contribution is 7.99. The molecule has 2 unspecified atom stereocenters. The number of carbonyl (C=O) groups is 2. The van der Waals surface area contributed by atoms with Crippen LogP contribution in [0.4, 0.5) is 4.39 Å². The van der Waals surface area contributed by atoms with Crippen LogP contribution >= 0.6 is 11.8 Å². The standard InChI is InChI=1S/C21H23FN2O2S/c1-3-12-23-19(25)18-13-27-21(15-8-10-16(22)11-9-15)24(18)20(26)17-7-5-4-6-14(17)2/h4-11,18,21H,3,12-13H2,1-2H3,(H,23,25). The van der Waals surface area contributed by atoms with Gasteiger partial charge in [-0.3, -0.25) is 9.59 Å². The summed E-state index contributed by atoms with van der Waals surface area (Å²) in [5.74, 6) is -0.134. The average molecular weight is 386 g/mol. The highest BCUT2D eigenvalue weighted by Gasteiger charge is 2.42. The number of benzene rings is 2. The van der Waals surface area contributed by atoms with E-state index in [-0.39, 0.29) is 23.0 Å². The molecule has 2 amide bonds. The molecule has 2 atom stereocenters. The Balaban J connectivity index is 1.96. The lowest BCUT2D eigenvalue weighted by molar-refractivity contribution is -0.124. The second kappa shape index (κ2) is 8.57. The van der Waals surface area contributed by atoms with Gasteiger partial charge in [-0.25, -0.2) is 4.39 Å². The molecule has 3 rings (SSSR count). The number of amides is 2. The third kappa shape index (κ3) is 4.16. The fourth-order valence-electron chi connectivity index (χ4n) is 3.16. The van der Waals surface area contributed by atoms with Crippen LogP contribution < -0.4 is 5.32 Å². The zero-order valence-electron chi connectivity index (χ0n) is 15.4. The molecule has 0 aromatic heterocycles. The summed E-state index contributed by atoms with van der Waals surface area (Å²) in [5, 5.41) is 2.58. The van der Waals surface area contributed by atoms with E-state index < -0.39 is 6.04 Å². The predicted molar refractivity (Wildman–Crippen MR) is 106 cm³/mol. The van der Waals surface area contributed by atoms with Gasteiger partial charge in [-0.15, -0.1) is 11.8 Å². The highest BCUT2D eigenvalue weighted by Crippen LogP contribution is 2.42. The summed E-state index contributed by atoms with van der Waals surface area (Å²) < 4.78 is 13.3. The third-order valence-corrected chi connectivity index (χ3v) is 5.94. The SMILES string of the molecule is CCCNC(=O)C1CSC(c2ccc(F)cc2)N1C(=O)c1ccccc1C. The zero-order valence-corrected chi connectivity index (χ0v) is 16.3. The summed E-state index contributed by atoms with van der Waals surface area (Å²) in [7, 11) is 0. The summed E-state index contributed by atoms with van der Waals surface area (Å²) in [6.07, 6.45) is 0.832. The van der Waals surface area contributed by atoms with Gasteiger partial charge >= 0.3 is 0 Å². The molecule has 2 aromatic carbocycles. The first-order chi connectivity index (χ1) is 13.0. The molecule has 2 aromatic rings. The van der Waals surface area contributed by atoms with Crippen molar-refractivity contribution in [3.05, 3.63) is 71.0 Å². The van der Waals surface area contributed by atoms with Gasteiger partial charge in [0.1, 0.15) is 17.2 Å². The molecule has 6 heteroatoms. The van der Waals surface area contributed by atoms with E-state index in [4.69, 9.17) is 0 Å². The van der Waals surface area contributed by atoms with Gasteiger partial charge in [-0.05, 0) is 42.7 Å². The molecular weight excluding hydrogens is 363 g/mol. The molecule has 4 nitrogen and oxygen atoms in total. The van der Waals surface area contributed by atoms with E-state index in [1.54, 1.807) is 23.1 Å². The quantitative estimate of drug-likeness (QED) is 0.847. The number of thioether (sulfide) groups is 1. The van der Waals surface area contributed by atoms with Crippen LogP contribution in [-0.4, -0.2) is 35.1 Å². The van der Waals surface area contributed by atoms with Crippen molar-refractivity contribution in [2.45, 2.75) is 31.7 Å². The second-order valence-corrected chi connectivity index (χ2v) is 7.68. The molecule has 0 radical (unpaired) electrons. The zero-order chi connectivity index (χ0) is 19.4. The molecule has 1 aliphatic rings. The third-order valence-electron chi connectivity index (χ3n) is 4.62. The maximum absolute atomic E-state index is 13.4. The number of aryl methyl sites for hydroxylation is 1. The average Bonchev–Trinajstić information content (AvgIpc) is 3.11. The van der Waals surface area contributed by atoms with Crippen LogP contribution in [-0.2, 0) is 4.79 Å². The Morgan fingerprint density at radius 1 is 1.19 bits per heavy atom. The molecule has 0 spiro atoms. The Labute approximate surface area is 163 Å². The lowest BCUT2D eigenvalue weighted by Crippen LogP contribution is -2.48. The van der Waals surface area contributed by atoms with Crippen LogP contribution in [0.5, 0.6) is 0 Å². The summed E-state index contributed by atoms with van der Waals surface area (Å²) in [4.78, 5) is 27.7. The molecule has 142 valence electrons. The normalized spacial score (nSPS) is 19.1. The van der Waals surface area contributed by atoms with Gasteiger partial charge in [0.05, 0.1) is 0 Å². The maximum Gasteiger partial charge on any atom is 0.256 e. The smallest absolute Gasteiger partial charge is 0.256 e. The summed E-state index contributed by atoms with van der Waals surface area (Å²) in [5.41, 5.74) is 2.26. The van der Waals surface area contributed by atoms with Crippen molar-refractivity contribution in [2.75, 3.05) is 12.3 Å². The first-order valence-electron chi connectivity index (χ1n) is 9.06. The van der Waals surface area contributed by atoms with Crippen molar-refractivity contribution in [2.24, 2.45) is 0 Å². The number of hydrogen-bond acceptors (Lipinski definition) is 3. The number of rotatable bonds is 5. The minimum absolute atomic E-state index is 0.143. The second-order valence-electron chi connectivity index (χ2n) is 6.57. The van der Waals surface area contributed by atoms with Crippen molar-refractivity contribution in [1.29, 1.82) is 0 Å². The van der Waals surface area contributed by atoms with E-state index in [1.807, 2.05) is 32.0 Å². The molecule has 0 bridgehead atoms. The number of carbonyl (C=O) groups excluding carboxylic acids is 2. The first kappa shape index (κ1) is 19.4. The van der Waals surface area contributed by atoms with Crippen LogP contribution in [0.2, 0.25) is 0 Å². The van der Waals surface area contributed by atoms with Gasteiger partial charge in [-0.1, -0.05) is 37.3 Å². The van der Waals surface area contributed by atoms with E-state index in [9.17, 15) is 14.0 Å². The fourth-order valence-corrected chi connectivity index (χ4v) is 4.59. The Morgan fingerprint density at radius 2 is 1.89 bits per heavy atom. The van der Waals surface area contributed by atoms with Crippen LogP contribution in [0.3, 0.4) is 0 Å². The Morgan fingerprint density at radius 3 is 2.56 bits per heavy atom. The lowest BCUT2D eigenvalue weighted by atomic mass is 10.1. The van der Waals surface area contributed by atoms with Crippen LogP contribution in [0.25, 0.3) is 0 Å². The highest BCUT2D eigenvalue weighted by atomic mass is 32.2. The minimum atomic E-state index is -0.552. The van der Waals surface area contributed by atoms with Gasteiger partial charge < -0.3 is 10.2 Å². The van der Waals surface area contributed by atoms with Crippen LogP contribution in [0.1, 0.15) is 40.2 Å². The summed E-state index contributed by atoms with van der Waals surface area (Å²) >= 11 is 1.53. The Kier molecular flexibility index (Phi) is 6.16. The Bertz CT molecular complexity index is 825. The molecule has 1 aliphatic heterocycles. The molecule has 0 aliphatic carbocycles. The largest absolute Gasteiger partial charge is 0.354 e. The van der Waals surface area contributed by atoms with E-state index in [0.717, 1.165) is 17.5 Å². The minimum Gasteiger partial charge on any atom is -0.354 e. The summed E-state index contributed by atoms with van der Waals surface area (Å²) in [6.45, 7) is 4.45. The van der Waals surface area contributed by atoms with Gasteiger partial charge in [0.25, 0.3) is 5.91 Å². The van der Waals surface area contributed by atoms with E-state index >= 15 is 0 Å². The molecule has 0 saturated carbocycles. The molecule has 27 heavy (non-hydrogen) atoms. The number of hydrogen-bond donors (Lipinski definition) is 1. The van der Waals surface area contributed by atoms with Crippen molar-refractivity contribution in [3.63, 3.8) is 0 Å². The van der Waals surface area contributed by atoms with Gasteiger partial charge in [-0.2, -0.15) is 0 Å². The molecule has 1 fully saturated rings. The first-order valence-corrected chi connectivity index (χ1v) is 10.1. The monoisotopic (exact) mass is 386 g/mol. The molecular formula is C21H23FN2O2S. The maximum atomic E-state index is 13.4. The van der Waals surface area contributed by atoms with Gasteiger partial charge in [0.2, 0.25) is 5.91 Å². The molecule has 1 N–H and O–H groups in total. The van der Waals surface area contributed by atoms with Crippen molar-refractivity contribution >= 4 is 23.6 Å². The topological polar surface area (TPSA) is 49.4 Å². The van der Waals surface area contributed by atoms with Crippen molar-refractivity contribution in [3.8, 4) is 0 Å². The van der Waals surface area contributed by atoms with Crippen molar-refractivity contribution in [1.82, 2.24) is 10.2 Å². The predicted octanol–water partition coefficient (Wildman–Crippen LogP) is 3.92. The number of nitrogens with zero attached hydrogens (tertiary/aromatic N) is 1. The number of halogens is 1. The van der Waals surface area contributed by atoms with Crippen LogP contribution in [0.15, 0.2) is 48.5 Å². The van der Waals surface area contributed by atoms with Gasteiger partial charge in [0.15, 0.2) is 0 Å². The van der Waals surface area contributed by atoms with Crippen LogP contribution in [0, 0.1) is 12.7 Å². The fraction of sp³-hybridized carbons (Fsp3) is 0.333. The lowest BCUT2D eigenvalue weighted by Gasteiger charge is -2.29. The van der Waals surface area contributed by atoms with Gasteiger partial charge in [0, 0.05) is 17.9 Å². The molecule has 1 saturated heterocycles. The number of nitrogens with one attached hydrogen (secondary N) is 1.